The molecule has 0 radical (unpaired) electrons. The molecule has 7 nitrogen and oxygen atoms in total. The van der Waals surface area contributed by atoms with E-state index in [0.717, 1.165) is 31.5 Å². The van der Waals surface area contributed by atoms with E-state index in [1.54, 1.807) is 0 Å². The van der Waals surface area contributed by atoms with Crippen LogP contribution in [0, 0.1) is 12.8 Å². The zero-order valence-electron chi connectivity index (χ0n) is 31.5. The average molecular weight is 694 g/mol. The van der Waals surface area contributed by atoms with E-state index in [-0.39, 0.29) is 10.7 Å². The first-order valence-electron chi connectivity index (χ1n) is 17.9. The van der Waals surface area contributed by atoms with E-state index < -0.39 is 19.9 Å². The Bertz CT molecular complexity index is 1720. The minimum Gasteiger partial charge on any atom is -0.484 e. The second-order valence-corrected chi connectivity index (χ2v) is 20.9. The fourth-order valence-electron chi connectivity index (χ4n) is 5.87. The Hall–Kier alpha value is -4.01. The molecule has 4 aromatic rings. The molecule has 0 saturated carbocycles. The van der Waals surface area contributed by atoms with E-state index in [4.69, 9.17) is 23.9 Å². The summed E-state index contributed by atoms with van der Waals surface area (Å²) in [5.74, 6) is 0.983. The number of hydrogen-bond acceptors (Lipinski definition) is 7. The van der Waals surface area contributed by atoms with Crippen molar-refractivity contribution in [2.45, 2.75) is 105 Å². The van der Waals surface area contributed by atoms with Crippen LogP contribution in [0.1, 0.15) is 87.5 Å². The van der Waals surface area contributed by atoms with Crippen molar-refractivity contribution in [1.82, 2.24) is 9.97 Å². The van der Waals surface area contributed by atoms with E-state index in [1.165, 1.54) is 22.4 Å². The van der Waals surface area contributed by atoms with Crippen molar-refractivity contribution in [2.75, 3.05) is 18.0 Å². The molecule has 2 heterocycles. The van der Waals surface area contributed by atoms with Crippen LogP contribution in [0.2, 0.25) is 18.1 Å². The number of piperidine rings is 1. The Balaban J connectivity index is 1.19. The summed E-state index contributed by atoms with van der Waals surface area (Å²) in [4.78, 5) is 25.3. The van der Waals surface area contributed by atoms with Crippen LogP contribution in [0.15, 0.2) is 78.9 Å². The van der Waals surface area contributed by atoms with E-state index in [2.05, 4.69) is 87.3 Å². The molecule has 0 N–H and O–H groups in total. The molecule has 1 aliphatic heterocycles. The summed E-state index contributed by atoms with van der Waals surface area (Å²) >= 11 is 0. The minimum absolute atomic E-state index is 0.199. The van der Waals surface area contributed by atoms with E-state index >= 15 is 0 Å². The predicted octanol–water partition coefficient (Wildman–Crippen LogP) is 9.97. The van der Waals surface area contributed by atoms with Gasteiger partial charge in [0.25, 0.3) is 0 Å². The molecule has 1 fully saturated rings. The van der Waals surface area contributed by atoms with Gasteiger partial charge in [-0.05, 0) is 99.0 Å². The Morgan fingerprint density at radius 1 is 0.800 bits per heavy atom. The number of anilines is 1. The van der Waals surface area contributed by atoms with Crippen molar-refractivity contribution >= 4 is 20.0 Å². The lowest BCUT2D eigenvalue weighted by molar-refractivity contribution is 0.00571. The van der Waals surface area contributed by atoms with Gasteiger partial charge in [-0.1, -0.05) is 87.5 Å². The first-order chi connectivity index (χ1) is 23.6. The average Bonchev–Trinajstić information content (AvgIpc) is 3.06. The summed E-state index contributed by atoms with van der Waals surface area (Å²) in [7, 11) is -1.78. The molecule has 3 aromatic carbocycles. The van der Waals surface area contributed by atoms with Gasteiger partial charge in [-0.15, -0.1) is 0 Å². The van der Waals surface area contributed by atoms with Crippen LogP contribution >= 0.6 is 0 Å². The maximum atomic E-state index is 13.3. The summed E-state index contributed by atoms with van der Waals surface area (Å²) < 4.78 is 18.3. The fraction of sp³-hybridized carbons (Fsp3) is 0.452. The Kier molecular flexibility index (Phi) is 11.5. The van der Waals surface area contributed by atoms with Gasteiger partial charge in [0.1, 0.15) is 18.0 Å². The number of rotatable bonds is 11. The predicted molar refractivity (Wildman–Crippen MR) is 205 cm³/mol. The largest absolute Gasteiger partial charge is 0.484 e. The van der Waals surface area contributed by atoms with Crippen LogP contribution < -0.4 is 9.64 Å². The summed E-state index contributed by atoms with van der Waals surface area (Å²) in [5, 5.41) is 0.204. The number of nitrogens with zero attached hydrogens (tertiary/aromatic N) is 3. The summed E-state index contributed by atoms with van der Waals surface area (Å²) in [6.07, 6.45) is 2.76. The van der Waals surface area contributed by atoms with E-state index in [9.17, 15) is 4.79 Å². The molecule has 1 aromatic heterocycles. The summed E-state index contributed by atoms with van der Waals surface area (Å²) in [6, 6.07) is 27.6. The van der Waals surface area contributed by atoms with Gasteiger partial charge in [-0.3, -0.25) is 0 Å². The summed E-state index contributed by atoms with van der Waals surface area (Å²) in [5.41, 5.74) is 6.09. The highest BCUT2D eigenvalue weighted by Crippen LogP contribution is 2.37. The first-order valence-corrected chi connectivity index (χ1v) is 20.8. The van der Waals surface area contributed by atoms with Gasteiger partial charge < -0.3 is 18.8 Å². The van der Waals surface area contributed by atoms with Gasteiger partial charge >= 0.3 is 5.97 Å². The highest BCUT2D eigenvalue weighted by molar-refractivity contribution is 6.74. The Morgan fingerprint density at radius 3 is 1.96 bits per heavy atom. The molecule has 0 atom stereocenters. The molecule has 0 aliphatic carbocycles. The van der Waals surface area contributed by atoms with Gasteiger partial charge in [-0.25, -0.2) is 14.8 Å². The van der Waals surface area contributed by atoms with Crippen molar-refractivity contribution in [3.63, 3.8) is 0 Å². The van der Waals surface area contributed by atoms with Gasteiger partial charge in [0.05, 0.1) is 12.3 Å². The highest BCUT2D eigenvalue weighted by atomic mass is 28.4. The smallest absolute Gasteiger partial charge is 0.361 e. The standard InChI is InChI=1S/C42H55N3O4Si/c1-30-39(47-28-32-13-11-10-12-14-32)38(40(46)49-41(2,3)4)44-37(43-30)27-31-23-25-45(26-24-31)36-21-19-35(20-22-36)34-17-15-33(16-18-34)29-48-50(8,9)42(5,6)7/h10-22,31H,23-29H2,1-9H3. The maximum absolute atomic E-state index is 13.3. The van der Waals surface area contributed by atoms with Crippen molar-refractivity contribution in [2.24, 2.45) is 5.92 Å². The number of carbonyl (C=O) groups is 1. The maximum Gasteiger partial charge on any atom is 0.361 e. The lowest BCUT2D eigenvalue weighted by Crippen LogP contribution is -2.40. The SMILES string of the molecule is Cc1nc(CC2CCN(c3ccc(-c4ccc(CO[Si](C)(C)C(C)(C)C)cc4)cc3)CC2)nc(C(=O)OC(C)(C)C)c1OCc1ccccc1. The first kappa shape index (κ1) is 37.2. The van der Waals surface area contributed by atoms with Crippen LogP contribution in [0.5, 0.6) is 5.75 Å². The number of hydrogen-bond donors (Lipinski definition) is 0. The van der Waals surface area contributed by atoms with Gasteiger partial charge in [0.15, 0.2) is 19.8 Å². The van der Waals surface area contributed by atoms with Crippen LogP contribution in [0.4, 0.5) is 5.69 Å². The normalized spacial score (nSPS) is 14.5. The molecule has 50 heavy (non-hydrogen) atoms. The molecule has 0 bridgehead atoms. The molecule has 1 aliphatic rings. The second-order valence-electron chi connectivity index (χ2n) is 16.1. The third-order valence-electron chi connectivity index (χ3n) is 9.91. The van der Waals surface area contributed by atoms with Gasteiger partial charge in [-0.2, -0.15) is 0 Å². The van der Waals surface area contributed by atoms with E-state index in [0.29, 0.717) is 42.8 Å². The fourth-order valence-corrected chi connectivity index (χ4v) is 6.83. The molecular weight excluding hydrogens is 639 g/mol. The topological polar surface area (TPSA) is 73.8 Å². The monoisotopic (exact) mass is 693 g/mol. The third-order valence-corrected chi connectivity index (χ3v) is 14.4. The molecular formula is C42H55N3O4Si. The zero-order chi connectivity index (χ0) is 36.1. The molecule has 0 spiro atoms. The Morgan fingerprint density at radius 2 is 1.38 bits per heavy atom. The van der Waals surface area contributed by atoms with Crippen molar-refractivity contribution < 1.29 is 18.7 Å². The number of aromatic nitrogens is 2. The quantitative estimate of drug-likeness (QED) is 0.114. The highest BCUT2D eigenvalue weighted by Gasteiger charge is 2.37. The molecule has 5 rings (SSSR count). The molecule has 0 amide bonds. The number of ether oxygens (including phenoxy) is 2. The van der Waals surface area contributed by atoms with Gasteiger partial charge in [0.2, 0.25) is 0 Å². The molecule has 266 valence electrons. The number of benzene rings is 3. The Labute approximate surface area is 300 Å². The molecule has 0 unspecified atom stereocenters. The number of esters is 1. The lowest BCUT2D eigenvalue weighted by atomic mass is 9.92. The number of carbonyl (C=O) groups excluding carboxylic acids is 1. The van der Waals surface area contributed by atoms with Crippen LogP contribution in [0.25, 0.3) is 11.1 Å². The zero-order valence-corrected chi connectivity index (χ0v) is 32.5. The van der Waals surface area contributed by atoms with E-state index in [1.807, 2.05) is 58.0 Å². The minimum atomic E-state index is -1.78. The third kappa shape index (κ3) is 9.82. The van der Waals surface area contributed by atoms with Crippen molar-refractivity contribution in [1.29, 1.82) is 0 Å². The van der Waals surface area contributed by atoms with Crippen LogP contribution in [0.3, 0.4) is 0 Å². The van der Waals surface area contributed by atoms with Crippen molar-refractivity contribution in [3.05, 3.63) is 107 Å². The molecule has 1 saturated heterocycles. The molecule has 8 heteroatoms. The van der Waals surface area contributed by atoms with Gasteiger partial charge in [0, 0.05) is 25.2 Å². The number of aryl methyl sites for hydroxylation is 1. The van der Waals surface area contributed by atoms with Crippen LogP contribution in [-0.4, -0.2) is 42.9 Å². The van der Waals surface area contributed by atoms with Crippen molar-refractivity contribution in [3.8, 4) is 16.9 Å². The van der Waals surface area contributed by atoms with Crippen LogP contribution in [-0.2, 0) is 28.8 Å². The second kappa shape index (κ2) is 15.5. The lowest BCUT2D eigenvalue weighted by Gasteiger charge is -2.36. The summed E-state index contributed by atoms with van der Waals surface area (Å²) in [6.45, 7) is 21.8.